The lowest BCUT2D eigenvalue weighted by Gasteiger charge is -2.08. The van der Waals surface area contributed by atoms with Gasteiger partial charge in [-0.2, -0.15) is 0 Å². The second-order valence-corrected chi connectivity index (χ2v) is 5.35. The topological polar surface area (TPSA) is 55.1 Å². The molecule has 3 nitrogen and oxygen atoms in total. The number of fused-ring (bicyclic) bond motifs is 1. The minimum absolute atomic E-state index is 0.0542. The van der Waals surface area contributed by atoms with Crippen molar-refractivity contribution in [2.45, 2.75) is 19.4 Å². The van der Waals surface area contributed by atoms with Crippen molar-refractivity contribution in [1.29, 1.82) is 0 Å². The molecule has 94 valence electrons. The number of nitrogens with two attached hydrogens (primary N) is 1. The Kier molecular flexibility index (Phi) is 3.99. The summed E-state index contributed by atoms with van der Waals surface area (Å²) in [6.07, 6.45) is 0.332. The van der Waals surface area contributed by atoms with Gasteiger partial charge >= 0.3 is 0 Å². The standard InChI is InChI=1S/C14H15BrN2O/c1-9(16)6-14(18)17-13-5-3-10-7-12(15)4-2-11(10)8-13/h2-5,7-9H,6,16H2,1H3,(H,17,18). The highest BCUT2D eigenvalue weighted by molar-refractivity contribution is 9.10. The van der Waals surface area contributed by atoms with Crippen LogP contribution in [0.25, 0.3) is 10.8 Å². The smallest absolute Gasteiger partial charge is 0.225 e. The molecule has 1 amide bonds. The molecule has 0 aromatic heterocycles. The number of hydrogen-bond donors (Lipinski definition) is 2. The Hall–Kier alpha value is -1.39. The molecule has 0 bridgehead atoms. The summed E-state index contributed by atoms with van der Waals surface area (Å²) < 4.78 is 1.05. The fraction of sp³-hybridized carbons (Fsp3) is 0.214. The maximum atomic E-state index is 11.6. The van der Waals surface area contributed by atoms with Crippen LogP contribution in [0.1, 0.15) is 13.3 Å². The molecule has 0 radical (unpaired) electrons. The van der Waals surface area contributed by atoms with Gasteiger partial charge in [0.05, 0.1) is 0 Å². The molecular weight excluding hydrogens is 292 g/mol. The lowest BCUT2D eigenvalue weighted by Crippen LogP contribution is -2.23. The van der Waals surface area contributed by atoms with Gasteiger partial charge in [0.2, 0.25) is 5.91 Å². The molecule has 1 atom stereocenters. The molecule has 4 heteroatoms. The Balaban J connectivity index is 2.20. The normalized spacial score (nSPS) is 12.4. The molecule has 1 unspecified atom stereocenters. The van der Waals surface area contributed by atoms with E-state index in [4.69, 9.17) is 5.73 Å². The maximum absolute atomic E-state index is 11.6. The van der Waals surface area contributed by atoms with Gasteiger partial charge in [0.25, 0.3) is 0 Å². The molecule has 0 heterocycles. The molecule has 0 saturated heterocycles. The Morgan fingerprint density at radius 1 is 1.28 bits per heavy atom. The van der Waals surface area contributed by atoms with Crippen LogP contribution in [0.2, 0.25) is 0 Å². The van der Waals surface area contributed by atoms with Gasteiger partial charge in [-0.05, 0) is 42.0 Å². The molecule has 2 aromatic carbocycles. The minimum atomic E-state index is -0.124. The summed E-state index contributed by atoms with van der Waals surface area (Å²) in [5, 5.41) is 5.08. The first-order valence-electron chi connectivity index (χ1n) is 5.79. The van der Waals surface area contributed by atoms with Crippen LogP contribution in [0.5, 0.6) is 0 Å². The van der Waals surface area contributed by atoms with E-state index in [1.54, 1.807) is 0 Å². The molecule has 0 aliphatic carbocycles. The highest BCUT2D eigenvalue weighted by atomic mass is 79.9. The first-order valence-corrected chi connectivity index (χ1v) is 6.58. The number of nitrogens with one attached hydrogen (secondary N) is 1. The number of carbonyl (C=O) groups is 1. The Labute approximate surface area is 114 Å². The Bertz CT molecular complexity index is 581. The molecule has 0 aliphatic rings. The number of halogens is 1. The van der Waals surface area contributed by atoms with Crippen molar-refractivity contribution >= 4 is 38.3 Å². The predicted octanol–water partition coefficient (Wildman–Crippen LogP) is 3.28. The van der Waals surface area contributed by atoms with Crippen LogP contribution >= 0.6 is 15.9 Å². The van der Waals surface area contributed by atoms with Gasteiger partial charge in [0, 0.05) is 22.6 Å². The van der Waals surface area contributed by atoms with Crippen LogP contribution in [0.3, 0.4) is 0 Å². The van der Waals surface area contributed by atoms with Gasteiger partial charge in [0.1, 0.15) is 0 Å². The SMILES string of the molecule is CC(N)CC(=O)Nc1ccc2cc(Br)ccc2c1. The predicted molar refractivity (Wildman–Crippen MR) is 78.5 cm³/mol. The van der Waals surface area contributed by atoms with Crippen LogP contribution < -0.4 is 11.1 Å². The number of carbonyl (C=O) groups excluding carboxylic acids is 1. The van der Waals surface area contributed by atoms with E-state index in [-0.39, 0.29) is 11.9 Å². The quantitative estimate of drug-likeness (QED) is 0.914. The zero-order chi connectivity index (χ0) is 13.1. The van der Waals surface area contributed by atoms with Crippen LogP contribution in [0, 0.1) is 0 Å². The molecule has 0 fully saturated rings. The van der Waals surface area contributed by atoms with E-state index >= 15 is 0 Å². The number of anilines is 1. The summed E-state index contributed by atoms with van der Waals surface area (Å²) in [7, 11) is 0. The van der Waals surface area contributed by atoms with Crippen molar-refractivity contribution in [3.8, 4) is 0 Å². The first kappa shape index (κ1) is 13.1. The molecule has 2 rings (SSSR count). The monoisotopic (exact) mass is 306 g/mol. The van der Waals surface area contributed by atoms with Gasteiger partial charge in [-0.15, -0.1) is 0 Å². The highest BCUT2D eigenvalue weighted by Crippen LogP contribution is 2.23. The third-order valence-electron chi connectivity index (χ3n) is 2.59. The minimum Gasteiger partial charge on any atom is -0.327 e. The van der Waals surface area contributed by atoms with E-state index in [0.717, 1.165) is 20.9 Å². The summed E-state index contributed by atoms with van der Waals surface area (Å²) in [4.78, 5) is 11.6. The third-order valence-corrected chi connectivity index (χ3v) is 3.09. The molecule has 18 heavy (non-hydrogen) atoms. The van der Waals surface area contributed by atoms with Crippen molar-refractivity contribution < 1.29 is 4.79 Å². The summed E-state index contributed by atoms with van der Waals surface area (Å²) in [5.74, 6) is -0.0542. The summed E-state index contributed by atoms with van der Waals surface area (Å²) in [6, 6.07) is 11.8. The van der Waals surface area contributed by atoms with E-state index in [2.05, 4.69) is 21.2 Å². The second kappa shape index (κ2) is 5.50. The van der Waals surface area contributed by atoms with Crippen LogP contribution in [0.15, 0.2) is 40.9 Å². The Morgan fingerprint density at radius 3 is 2.67 bits per heavy atom. The number of benzene rings is 2. The van der Waals surface area contributed by atoms with E-state index in [0.29, 0.717) is 6.42 Å². The Morgan fingerprint density at radius 2 is 1.94 bits per heavy atom. The molecule has 2 aromatic rings. The number of hydrogen-bond acceptors (Lipinski definition) is 2. The second-order valence-electron chi connectivity index (χ2n) is 4.44. The van der Waals surface area contributed by atoms with Crippen molar-refractivity contribution in [2.75, 3.05) is 5.32 Å². The van der Waals surface area contributed by atoms with E-state index in [1.165, 1.54) is 0 Å². The van der Waals surface area contributed by atoms with Crippen LogP contribution in [0.4, 0.5) is 5.69 Å². The summed E-state index contributed by atoms with van der Waals surface area (Å²) >= 11 is 3.43. The average molecular weight is 307 g/mol. The molecule has 0 spiro atoms. The van der Waals surface area contributed by atoms with Crippen molar-refractivity contribution in [2.24, 2.45) is 5.73 Å². The molecule has 3 N–H and O–H groups in total. The zero-order valence-corrected chi connectivity index (χ0v) is 11.7. The summed E-state index contributed by atoms with van der Waals surface area (Å²) in [5.41, 5.74) is 6.39. The molecule has 0 saturated carbocycles. The zero-order valence-electron chi connectivity index (χ0n) is 10.1. The molecule has 0 aliphatic heterocycles. The first-order chi connectivity index (χ1) is 8.54. The lowest BCUT2D eigenvalue weighted by molar-refractivity contribution is -0.116. The highest BCUT2D eigenvalue weighted by Gasteiger charge is 2.05. The van der Waals surface area contributed by atoms with Gasteiger partial charge in [0.15, 0.2) is 0 Å². The van der Waals surface area contributed by atoms with E-state index in [1.807, 2.05) is 43.3 Å². The van der Waals surface area contributed by atoms with Gasteiger partial charge in [-0.1, -0.05) is 28.1 Å². The number of amides is 1. The summed E-state index contributed by atoms with van der Waals surface area (Å²) in [6.45, 7) is 1.82. The van der Waals surface area contributed by atoms with Gasteiger partial charge < -0.3 is 11.1 Å². The van der Waals surface area contributed by atoms with Gasteiger partial charge in [-0.25, -0.2) is 0 Å². The van der Waals surface area contributed by atoms with Crippen LogP contribution in [-0.2, 0) is 4.79 Å². The van der Waals surface area contributed by atoms with E-state index in [9.17, 15) is 4.79 Å². The lowest BCUT2D eigenvalue weighted by atomic mass is 10.1. The number of rotatable bonds is 3. The van der Waals surface area contributed by atoms with Gasteiger partial charge in [-0.3, -0.25) is 4.79 Å². The maximum Gasteiger partial charge on any atom is 0.225 e. The van der Waals surface area contributed by atoms with Crippen molar-refractivity contribution in [1.82, 2.24) is 0 Å². The fourth-order valence-corrected chi connectivity index (χ4v) is 2.18. The fourth-order valence-electron chi connectivity index (χ4n) is 1.80. The van der Waals surface area contributed by atoms with Crippen molar-refractivity contribution in [3.05, 3.63) is 40.9 Å². The van der Waals surface area contributed by atoms with Crippen LogP contribution in [-0.4, -0.2) is 11.9 Å². The van der Waals surface area contributed by atoms with E-state index < -0.39 is 0 Å². The third kappa shape index (κ3) is 3.31. The largest absolute Gasteiger partial charge is 0.327 e. The average Bonchev–Trinajstić information content (AvgIpc) is 2.28. The van der Waals surface area contributed by atoms with Crippen molar-refractivity contribution in [3.63, 3.8) is 0 Å². The molecular formula is C14H15BrN2O.